The van der Waals surface area contributed by atoms with Gasteiger partial charge < -0.3 is 4.74 Å². The fourth-order valence-corrected chi connectivity index (χ4v) is 3.55. The zero-order valence-corrected chi connectivity index (χ0v) is 37.0. The molecular weight excluding hydrogens is 589 g/mol. The number of hydrogen-bond acceptors (Lipinski definition) is 2. The van der Waals surface area contributed by atoms with Gasteiger partial charge in [0.2, 0.25) is 0 Å². The van der Waals surface area contributed by atoms with Gasteiger partial charge in [-0.1, -0.05) is 208 Å². The summed E-state index contributed by atoms with van der Waals surface area (Å²) in [6, 6.07) is 17.4. The van der Waals surface area contributed by atoms with Crippen LogP contribution in [0.25, 0.3) is 20.5 Å². The summed E-state index contributed by atoms with van der Waals surface area (Å²) in [7, 11) is 0. The second-order valence-corrected chi connectivity index (χ2v) is 10.7. The van der Waals surface area contributed by atoms with Crippen LogP contribution in [0.5, 0.6) is 5.75 Å². The lowest BCUT2D eigenvalue weighted by molar-refractivity contribution is 0.314. The van der Waals surface area contributed by atoms with Crippen LogP contribution in [0.3, 0.4) is 0 Å². The van der Waals surface area contributed by atoms with Crippen molar-refractivity contribution in [1.82, 2.24) is 0 Å². The first-order chi connectivity index (χ1) is 22.9. The molecule has 47 heavy (non-hydrogen) atoms. The first-order valence-corrected chi connectivity index (χ1v) is 20.9. The van der Waals surface area contributed by atoms with E-state index in [-0.39, 0.29) is 2.85 Å². The minimum absolute atomic E-state index is 0. The van der Waals surface area contributed by atoms with Crippen LogP contribution in [0.4, 0.5) is 0 Å². The molecule has 2 aromatic carbocycles. The number of rotatable bonds is 8. The molecule has 0 amide bonds. The van der Waals surface area contributed by atoms with Gasteiger partial charge in [0.15, 0.2) is 0 Å². The van der Waals surface area contributed by atoms with Crippen LogP contribution >= 0.6 is 11.3 Å². The second kappa shape index (κ2) is 59.6. The molecule has 3 aromatic rings. The molecule has 0 N–H and O–H groups in total. The van der Waals surface area contributed by atoms with Crippen molar-refractivity contribution in [3.05, 3.63) is 54.1 Å². The molecule has 0 aliphatic carbocycles. The van der Waals surface area contributed by atoms with Gasteiger partial charge in [0.05, 0.1) is 6.61 Å². The number of fused-ring (bicyclic) bond motifs is 1. The summed E-state index contributed by atoms with van der Waals surface area (Å²) >= 11 is 1.85. The molecule has 0 aliphatic heterocycles. The fraction of sp³-hybridized carbons (Fsp3) is 0.689. The zero-order chi connectivity index (χ0) is 38.3. The van der Waals surface area contributed by atoms with Gasteiger partial charge in [-0.15, -0.1) is 11.3 Å². The largest absolute Gasteiger partial charge is 0.493 e. The SMILES string of the molecule is CC.CC.CC.CC.CCC.CCC.CCCC.CCCC.CCCC.CCCOc1ccc(-c2cc3ccccc3s2)cc1CC.[HH].[HH]. The van der Waals surface area contributed by atoms with E-state index >= 15 is 0 Å². The summed E-state index contributed by atoms with van der Waals surface area (Å²) in [5.74, 6) is 1.03. The Morgan fingerprint density at radius 1 is 0.511 bits per heavy atom. The molecule has 0 fully saturated rings. The summed E-state index contributed by atoms with van der Waals surface area (Å²) in [6.45, 7) is 42.7. The maximum atomic E-state index is 5.83. The molecule has 0 bridgehead atoms. The Labute approximate surface area is 307 Å². The lowest BCUT2D eigenvalue weighted by Gasteiger charge is -2.11. The average Bonchev–Trinajstić information content (AvgIpc) is 3.59. The zero-order valence-electron chi connectivity index (χ0n) is 36.2. The standard InChI is InChI=1S/C19H20OS.3C4H10.2C3H8.4C2H6.2H2/c1-3-11-20-17-10-9-16(12-14(17)4-2)19-13-15-7-5-6-8-18(15)21-19;3*1-3-4-2;2*1-3-2;4*1-2;;/h5-10,12-13H,3-4,11H2,1-2H3;3*3-4H2,1-2H3;2*3H2,1-2H3;4*1-2H3;2*1H. The van der Waals surface area contributed by atoms with Crippen molar-refractivity contribution < 1.29 is 7.59 Å². The molecule has 0 saturated carbocycles. The Balaban J connectivity index is -0.0000000682. The Morgan fingerprint density at radius 2 is 0.915 bits per heavy atom. The maximum absolute atomic E-state index is 5.83. The van der Waals surface area contributed by atoms with Gasteiger partial charge in [0.25, 0.3) is 0 Å². The average molecular weight is 683 g/mol. The third-order valence-electron chi connectivity index (χ3n) is 5.11. The highest BCUT2D eigenvalue weighted by Gasteiger charge is 2.08. The van der Waals surface area contributed by atoms with Crippen LogP contribution in [0.15, 0.2) is 48.5 Å². The molecule has 0 spiro atoms. The molecule has 1 nitrogen and oxygen atoms in total. The molecule has 2 heteroatoms. The van der Waals surface area contributed by atoms with E-state index in [0.717, 1.165) is 25.2 Å². The number of aryl methyl sites for hydroxylation is 1. The first kappa shape index (κ1) is 60.5. The summed E-state index contributed by atoms with van der Waals surface area (Å²) in [5.41, 5.74) is 2.58. The van der Waals surface area contributed by atoms with Gasteiger partial charge in [0, 0.05) is 12.4 Å². The first-order valence-electron chi connectivity index (χ1n) is 20.1. The van der Waals surface area contributed by atoms with Crippen LogP contribution in [0.2, 0.25) is 0 Å². The Kier molecular flexibility index (Phi) is 76.7. The fourth-order valence-electron chi connectivity index (χ4n) is 2.49. The van der Waals surface area contributed by atoms with Crippen molar-refractivity contribution >= 4 is 21.4 Å². The number of ether oxygens (including phenoxy) is 1. The van der Waals surface area contributed by atoms with E-state index in [1.807, 2.05) is 66.7 Å². The van der Waals surface area contributed by atoms with Crippen molar-refractivity contribution in [2.24, 2.45) is 0 Å². The highest BCUT2D eigenvalue weighted by Crippen LogP contribution is 2.35. The Hall–Kier alpha value is -1.80. The van der Waals surface area contributed by atoms with Crippen molar-refractivity contribution in [2.45, 2.75) is 203 Å². The number of unbranched alkanes of at least 4 members (excludes halogenated alkanes) is 3. The van der Waals surface area contributed by atoms with Crippen LogP contribution < -0.4 is 4.74 Å². The number of hydrogen-bond donors (Lipinski definition) is 0. The number of thiophene rings is 1. The predicted octanol–water partition coefficient (Wildman–Crippen LogP) is 18.8. The molecule has 0 saturated heterocycles. The molecule has 286 valence electrons. The third kappa shape index (κ3) is 42.2. The van der Waals surface area contributed by atoms with Gasteiger partial charge in [-0.25, -0.2) is 0 Å². The predicted molar refractivity (Wildman–Crippen MR) is 236 cm³/mol. The minimum atomic E-state index is 0. The molecule has 0 unspecified atom stereocenters. The molecule has 0 radical (unpaired) electrons. The summed E-state index contributed by atoms with van der Waals surface area (Å²) in [4.78, 5) is 1.33. The molecule has 1 aromatic heterocycles. The van der Waals surface area contributed by atoms with Crippen LogP contribution in [0, 0.1) is 0 Å². The molecule has 3 rings (SSSR count). The molecular formula is C45H94OS. The monoisotopic (exact) mass is 683 g/mol. The van der Waals surface area contributed by atoms with Gasteiger partial charge >= 0.3 is 0 Å². The second-order valence-electron chi connectivity index (χ2n) is 9.59. The lowest BCUT2D eigenvalue weighted by atomic mass is 10.1. The van der Waals surface area contributed by atoms with E-state index < -0.39 is 0 Å². The van der Waals surface area contributed by atoms with E-state index in [4.69, 9.17) is 4.74 Å². The third-order valence-corrected chi connectivity index (χ3v) is 6.28. The number of benzene rings is 2. The summed E-state index contributed by atoms with van der Waals surface area (Å²) in [5, 5.41) is 1.32. The van der Waals surface area contributed by atoms with Gasteiger partial charge in [0.1, 0.15) is 5.75 Å². The van der Waals surface area contributed by atoms with Crippen LogP contribution in [0.1, 0.15) is 205 Å². The van der Waals surface area contributed by atoms with Crippen molar-refractivity contribution in [2.75, 3.05) is 6.61 Å². The maximum Gasteiger partial charge on any atom is 0.122 e. The minimum Gasteiger partial charge on any atom is -0.493 e. The van der Waals surface area contributed by atoms with Gasteiger partial charge in [-0.2, -0.15) is 0 Å². The highest BCUT2D eigenvalue weighted by atomic mass is 32.1. The van der Waals surface area contributed by atoms with Crippen molar-refractivity contribution in [3.8, 4) is 16.2 Å². The Bertz CT molecular complexity index is 827. The van der Waals surface area contributed by atoms with Crippen LogP contribution in [-0.4, -0.2) is 6.61 Å². The van der Waals surface area contributed by atoms with E-state index in [2.05, 4.69) is 132 Å². The van der Waals surface area contributed by atoms with Crippen molar-refractivity contribution in [3.63, 3.8) is 0 Å². The van der Waals surface area contributed by atoms with Crippen LogP contribution in [-0.2, 0) is 6.42 Å². The molecule has 0 aliphatic rings. The van der Waals surface area contributed by atoms with E-state index in [1.54, 1.807) is 0 Å². The molecule has 1 heterocycles. The van der Waals surface area contributed by atoms with E-state index in [0.29, 0.717) is 0 Å². The van der Waals surface area contributed by atoms with Gasteiger partial charge in [-0.05, 0) is 59.7 Å². The summed E-state index contributed by atoms with van der Waals surface area (Å²) in [6.07, 6.45) is 12.5. The quantitative estimate of drug-likeness (QED) is 0.230. The van der Waals surface area contributed by atoms with E-state index in [1.165, 1.54) is 77.5 Å². The summed E-state index contributed by atoms with van der Waals surface area (Å²) < 4.78 is 7.17. The lowest BCUT2D eigenvalue weighted by Crippen LogP contribution is -1.98. The van der Waals surface area contributed by atoms with Crippen molar-refractivity contribution in [1.29, 1.82) is 0 Å². The van der Waals surface area contributed by atoms with E-state index in [9.17, 15) is 0 Å². The van der Waals surface area contributed by atoms with Gasteiger partial charge in [-0.3, -0.25) is 0 Å². The molecule has 0 atom stereocenters. The topological polar surface area (TPSA) is 9.23 Å². The highest BCUT2D eigenvalue weighted by molar-refractivity contribution is 7.22. The smallest absolute Gasteiger partial charge is 0.122 e. The Morgan fingerprint density at radius 3 is 1.26 bits per heavy atom. The normalized spacial score (nSPS) is 8.09.